The summed E-state index contributed by atoms with van der Waals surface area (Å²) in [6.45, 7) is 2.85. The highest BCUT2D eigenvalue weighted by molar-refractivity contribution is 7.18. The first-order valence-corrected chi connectivity index (χ1v) is 9.91. The zero-order valence-electron chi connectivity index (χ0n) is 15.5. The van der Waals surface area contributed by atoms with Crippen LogP contribution in [-0.2, 0) is 6.42 Å². The first-order chi connectivity index (χ1) is 13.7. The van der Waals surface area contributed by atoms with E-state index in [0.717, 1.165) is 34.7 Å². The lowest BCUT2D eigenvalue weighted by atomic mass is 10.1. The number of rotatable bonds is 6. The fraction of sp³-hybridized carbons (Fsp3) is 0.136. The minimum absolute atomic E-state index is 0.103. The van der Waals surface area contributed by atoms with Gasteiger partial charge in [0, 0.05) is 22.7 Å². The molecule has 4 rings (SSSR count). The van der Waals surface area contributed by atoms with E-state index in [0.29, 0.717) is 5.56 Å². The Hall–Kier alpha value is -3.25. The first kappa shape index (κ1) is 18.1. The minimum Gasteiger partial charge on any atom is -0.369 e. The van der Waals surface area contributed by atoms with E-state index in [-0.39, 0.29) is 5.91 Å². The smallest absolute Gasteiger partial charge is 0.255 e. The van der Waals surface area contributed by atoms with Crippen LogP contribution in [0.15, 0.2) is 67.0 Å². The monoisotopic (exact) mass is 388 g/mol. The number of anilines is 2. The number of aromatic nitrogens is 2. The summed E-state index contributed by atoms with van der Waals surface area (Å²) in [5.41, 5.74) is 2.63. The van der Waals surface area contributed by atoms with Crippen molar-refractivity contribution in [2.24, 2.45) is 0 Å². The highest BCUT2D eigenvalue weighted by Crippen LogP contribution is 2.27. The van der Waals surface area contributed by atoms with Crippen LogP contribution in [0.3, 0.4) is 0 Å². The number of benzene rings is 2. The normalized spacial score (nSPS) is 10.8. The SMILES string of the molecule is Cc1cc2c(NCCc3ccc(NC(=O)c4ccccc4)cc3)ncnc2s1. The van der Waals surface area contributed by atoms with Crippen molar-refractivity contribution in [1.29, 1.82) is 0 Å². The van der Waals surface area contributed by atoms with E-state index in [4.69, 9.17) is 0 Å². The highest BCUT2D eigenvalue weighted by atomic mass is 32.1. The Bertz CT molecular complexity index is 1090. The maximum atomic E-state index is 12.2. The molecule has 0 atom stereocenters. The molecule has 0 saturated heterocycles. The molecule has 28 heavy (non-hydrogen) atoms. The van der Waals surface area contributed by atoms with Crippen molar-refractivity contribution in [3.8, 4) is 0 Å². The van der Waals surface area contributed by atoms with Crippen LogP contribution in [0.5, 0.6) is 0 Å². The van der Waals surface area contributed by atoms with Gasteiger partial charge in [-0.25, -0.2) is 9.97 Å². The van der Waals surface area contributed by atoms with Crippen LogP contribution >= 0.6 is 11.3 Å². The summed E-state index contributed by atoms with van der Waals surface area (Å²) in [7, 11) is 0. The molecule has 2 aromatic carbocycles. The summed E-state index contributed by atoms with van der Waals surface area (Å²) in [5, 5.41) is 7.40. The number of hydrogen-bond donors (Lipinski definition) is 2. The molecule has 0 fully saturated rings. The van der Waals surface area contributed by atoms with E-state index >= 15 is 0 Å². The number of nitrogens with zero attached hydrogens (tertiary/aromatic N) is 2. The molecule has 6 heteroatoms. The number of carbonyl (C=O) groups excluding carboxylic acids is 1. The van der Waals surface area contributed by atoms with Gasteiger partial charge in [0.15, 0.2) is 0 Å². The number of fused-ring (bicyclic) bond motifs is 1. The molecule has 0 saturated carbocycles. The number of carbonyl (C=O) groups is 1. The summed E-state index contributed by atoms with van der Waals surface area (Å²) in [6.07, 6.45) is 2.46. The van der Waals surface area contributed by atoms with Crippen molar-refractivity contribution in [1.82, 2.24) is 9.97 Å². The van der Waals surface area contributed by atoms with Gasteiger partial charge in [-0.05, 0) is 49.2 Å². The molecular formula is C22H20N4OS. The van der Waals surface area contributed by atoms with Gasteiger partial charge in [-0.3, -0.25) is 4.79 Å². The second-order valence-corrected chi connectivity index (χ2v) is 7.73. The van der Waals surface area contributed by atoms with Crippen LogP contribution in [0.1, 0.15) is 20.8 Å². The lowest BCUT2D eigenvalue weighted by molar-refractivity contribution is 0.102. The van der Waals surface area contributed by atoms with Gasteiger partial charge in [0.1, 0.15) is 17.0 Å². The molecule has 1 amide bonds. The predicted molar refractivity (Wildman–Crippen MR) is 115 cm³/mol. The molecule has 0 bridgehead atoms. The quantitative estimate of drug-likeness (QED) is 0.493. The zero-order chi connectivity index (χ0) is 19.3. The minimum atomic E-state index is -0.103. The number of amides is 1. The average molecular weight is 388 g/mol. The Kier molecular flexibility index (Phi) is 5.30. The molecule has 0 aliphatic rings. The number of nitrogens with one attached hydrogen (secondary N) is 2. The Morgan fingerprint density at radius 3 is 2.61 bits per heavy atom. The van der Waals surface area contributed by atoms with Crippen LogP contribution in [-0.4, -0.2) is 22.4 Å². The zero-order valence-corrected chi connectivity index (χ0v) is 16.3. The van der Waals surface area contributed by atoms with Crippen molar-refractivity contribution in [3.05, 3.63) is 83.0 Å². The van der Waals surface area contributed by atoms with Gasteiger partial charge in [-0.1, -0.05) is 30.3 Å². The van der Waals surface area contributed by atoms with Crippen molar-refractivity contribution < 1.29 is 4.79 Å². The first-order valence-electron chi connectivity index (χ1n) is 9.09. The van der Waals surface area contributed by atoms with Gasteiger partial charge in [0.05, 0.1) is 5.39 Å². The van der Waals surface area contributed by atoms with Crippen molar-refractivity contribution in [2.45, 2.75) is 13.3 Å². The van der Waals surface area contributed by atoms with E-state index in [2.05, 4.69) is 33.6 Å². The molecule has 2 aromatic heterocycles. The number of hydrogen-bond acceptors (Lipinski definition) is 5. The Morgan fingerprint density at radius 2 is 1.82 bits per heavy atom. The van der Waals surface area contributed by atoms with Crippen molar-refractivity contribution in [3.63, 3.8) is 0 Å². The molecule has 0 aliphatic heterocycles. The molecule has 0 radical (unpaired) electrons. The molecule has 0 aliphatic carbocycles. The van der Waals surface area contributed by atoms with Crippen molar-refractivity contribution in [2.75, 3.05) is 17.2 Å². The second kappa shape index (κ2) is 8.19. The summed E-state index contributed by atoms with van der Waals surface area (Å²) >= 11 is 1.68. The lowest BCUT2D eigenvalue weighted by Crippen LogP contribution is -2.11. The maximum Gasteiger partial charge on any atom is 0.255 e. The molecule has 4 aromatic rings. The van der Waals surface area contributed by atoms with Crippen LogP contribution in [0.25, 0.3) is 10.2 Å². The predicted octanol–water partition coefficient (Wildman–Crippen LogP) is 4.91. The molecular weight excluding hydrogens is 368 g/mol. The van der Waals surface area contributed by atoms with E-state index in [1.54, 1.807) is 29.8 Å². The van der Waals surface area contributed by atoms with E-state index in [1.807, 2.05) is 42.5 Å². The molecule has 2 N–H and O–H groups in total. The van der Waals surface area contributed by atoms with Gasteiger partial charge >= 0.3 is 0 Å². The van der Waals surface area contributed by atoms with Crippen molar-refractivity contribution >= 4 is 39.0 Å². The fourth-order valence-corrected chi connectivity index (χ4v) is 3.84. The maximum absolute atomic E-state index is 12.2. The average Bonchev–Trinajstić information content (AvgIpc) is 3.11. The van der Waals surface area contributed by atoms with Crippen LogP contribution in [0, 0.1) is 6.92 Å². The third-order valence-electron chi connectivity index (χ3n) is 4.41. The summed E-state index contributed by atoms with van der Waals surface area (Å²) in [6, 6.07) is 19.3. The molecule has 2 heterocycles. The second-order valence-electron chi connectivity index (χ2n) is 6.49. The van der Waals surface area contributed by atoms with Gasteiger partial charge in [0.25, 0.3) is 5.91 Å². The molecule has 140 valence electrons. The standard InChI is InChI=1S/C22H20N4OS/c1-15-13-19-20(24-14-25-22(19)28-15)23-12-11-16-7-9-18(10-8-16)26-21(27)17-5-3-2-4-6-17/h2-10,13-14H,11-12H2,1H3,(H,26,27)(H,23,24,25). The number of aryl methyl sites for hydroxylation is 1. The molecule has 5 nitrogen and oxygen atoms in total. The topological polar surface area (TPSA) is 66.9 Å². The van der Waals surface area contributed by atoms with E-state index < -0.39 is 0 Å². The molecule has 0 spiro atoms. The van der Waals surface area contributed by atoms with Gasteiger partial charge in [0.2, 0.25) is 0 Å². The number of thiophene rings is 1. The van der Waals surface area contributed by atoms with Gasteiger partial charge < -0.3 is 10.6 Å². The summed E-state index contributed by atoms with van der Waals surface area (Å²) in [4.78, 5) is 23.1. The fourth-order valence-electron chi connectivity index (χ4n) is 2.99. The summed E-state index contributed by atoms with van der Waals surface area (Å²) in [5.74, 6) is 0.773. The molecule has 0 unspecified atom stereocenters. The third-order valence-corrected chi connectivity index (χ3v) is 5.37. The van der Waals surface area contributed by atoms with E-state index in [1.165, 1.54) is 10.4 Å². The largest absolute Gasteiger partial charge is 0.369 e. The summed E-state index contributed by atoms with van der Waals surface area (Å²) < 4.78 is 0. The van der Waals surface area contributed by atoms with E-state index in [9.17, 15) is 4.79 Å². The van der Waals surface area contributed by atoms with Crippen LogP contribution in [0.4, 0.5) is 11.5 Å². The van der Waals surface area contributed by atoms with Crippen LogP contribution < -0.4 is 10.6 Å². The van der Waals surface area contributed by atoms with Crippen LogP contribution in [0.2, 0.25) is 0 Å². The Balaban J connectivity index is 1.34. The Morgan fingerprint density at radius 1 is 1.04 bits per heavy atom. The van der Waals surface area contributed by atoms with Gasteiger partial charge in [-0.2, -0.15) is 0 Å². The van der Waals surface area contributed by atoms with Gasteiger partial charge in [-0.15, -0.1) is 11.3 Å². The lowest BCUT2D eigenvalue weighted by Gasteiger charge is -2.08. The highest BCUT2D eigenvalue weighted by Gasteiger charge is 2.07. The Labute approximate surface area is 167 Å². The third kappa shape index (κ3) is 4.18.